The van der Waals surface area contributed by atoms with Crippen LogP contribution in [0.25, 0.3) is 0 Å². The molecule has 0 fully saturated rings. The summed E-state index contributed by atoms with van der Waals surface area (Å²) in [7, 11) is 0. The number of carboxylic acid groups (broad SMARTS) is 1. The maximum Gasteiger partial charge on any atom is 0.306 e. The third-order valence-electron chi connectivity index (χ3n) is 2.20. The van der Waals surface area contributed by atoms with E-state index in [1.807, 2.05) is 18.2 Å². The van der Waals surface area contributed by atoms with Crippen molar-refractivity contribution in [1.82, 2.24) is 0 Å². The highest BCUT2D eigenvalue weighted by molar-refractivity contribution is 9.10. The van der Waals surface area contributed by atoms with Crippen molar-refractivity contribution in [1.29, 1.82) is 0 Å². The molecule has 0 radical (unpaired) electrons. The Morgan fingerprint density at radius 3 is 2.69 bits per heavy atom. The van der Waals surface area contributed by atoms with Crippen LogP contribution in [0.15, 0.2) is 22.7 Å². The molecular weight excluding hydrogens is 272 g/mol. The van der Waals surface area contributed by atoms with Gasteiger partial charge in [0.1, 0.15) is 5.75 Å². The molecule has 0 amide bonds. The van der Waals surface area contributed by atoms with Gasteiger partial charge in [-0.1, -0.05) is 19.9 Å². The molecule has 0 unspecified atom stereocenters. The van der Waals surface area contributed by atoms with Gasteiger partial charge >= 0.3 is 5.97 Å². The van der Waals surface area contributed by atoms with Gasteiger partial charge in [0.05, 0.1) is 17.5 Å². The van der Waals surface area contributed by atoms with Crippen molar-refractivity contribution in [2.24, 2.45) is 0 Å². The number of benzene rings is 1. The molecular formula is C12H15BrO3. The van der Waals surface area contributed by atoms with Crippen LogP contribution in [-0.2, 0) is 4.79 Å². The van der Waals surface area contributed by atoms with Crippen LogP contribution in [-0.4, -0.2) is 17.7 Å². The molecule has 4 heteroatoms. The lowest BCUT2D eigenvalue weighted by Crippen LogP contribution is -2.05. The molecule has 1 rings (SSSR count). The quantitative estimate of drug-likeness (QED) is 0.902. The van der Waals surface area contributed by atoms with E-state index in [0.717, 1.165) is 4.47 Å². The number of hydrogen-bond acceptors (Lipinski definition) is 2. The van der Waals surface area contributed by atoms with Gasteiger partial charge < -0.3 is 9.84 Å². The van der Waals surface area contributed by atoms with Crippen LogP contribution < -0.4 is 4.74 Å². The second-order valence-corrected chi connectivity index (χ2v) is 4.69. The van der Waals surface area contributed by atoms with Crippen molar-refractivity contribution in [3.05, 3.63) is 28.2 Å². The van der Waals surface area contributed by atoms with Gasteiger partial charge in [-0.3, -0.25) is 4.79 Å². The van der Waals surface area contributed by atoms with Gasteiger partial charge in [-0.2, -0.15) is 0 Å². The fraction of sp³-hybridized carbons (Fsp3) is 0.417. The van der Waals surface area contributed by atoms with Crippen molar-refractivity contribution in [3.63, 3.8) is 0 Å². The average molecular weight is 287 g/mol. The summed E-state index contributed by atoms with van der Waals surface area (Å²) >= 11 is 3.41. The number of ether oxygens (including phenoxy) is 1. The summed E-state index contributed by atoms with van der Waals surface area (Å²) in [6, 6.07) is 5.85. The maximum absolute atomic E-state index is 10.3. The van der Waals surface area contributed by atoms with Crippen LogP contribution in [0.5, 0.6) is 5.75 Å². The average Bonchev–Trinajstić information content (AvgIpc) is 2.19. The minimum absolute atomic E-state index is 0.0123. The molecule has 0 bridgehead atoms. The van der Waals surface area contributed by atoms with E-state index in [2.05, 4.69) is 29.8 Å². The normalized spacial score (nSPS) is 10.5. The Morgan fingerprint density at radius 1 is 1.50 bits per heavy atom. The summed E-state index contributed by atoms with van der Waals surface area (Å²) in [5.41, 5.74) is 1.22. The van der Waals surface area contributed by atoms with Crippen molar-refractivity contribution in [2.75, 3.05) is 6.61 Å². The monoisotopic (exact) mass is 286 g/mol. The largest absolute Gasteiger partial charge is 0.492 e. The highest BCUT2D eigenvalue weighted by Gasteiger charge is 2.06. The number of carbonyl (C=O) groups is 1. The third-order valence-corrected chi connectivity index (χ3v) is 2.82. The van der Waals surface area contributed by atoms with E-state index in [1.54, 1.807) is 0 Å². The molecule has 1 aromatic rings. The lowest BCUT2D eigenvalue weighted by atomic mass is 10.0. The van der Waals surface area contributed by atoms with E-state index in [-0.39, 0.29) is 13.0 Å². The van der Waals surface area contributed by atoms with Gasteiger partial charge in [0, 0.05) is 0 Å². The van der Waals surface area contributed by atoms with Crippen molar-refractivity contribution in [2.45, 2.75) is 26.2 Å². The maximum atomic E-state index is 10.3. The van der Waals surface area contributed by atoms with Gasteiger partial charge in [0.25, 0.3) is 0 Å². The zero-order chi connectivity index (χ0) is 12.1. The molecule has 16 heavy (non-hydrogen) atoms. The van der Waals surface area contributed by atoms with Crippen LogP contribution in [0.3, 0.4) is 0 Å². The van der Waals surface area contributed by atoms with E-state index in [4.69, 9.17) is 9.84 Å². The fourth-order valence-corrected chi connectivity index (χ4v) is 1.75. The zero-order valence-corrected chi connectivity index (χ0v) is 11.0. The van der Waals surface area contributed by atoms with Gasteiger partial charge in [0.2, 0.25) is 0 Å². The molecule has 0 aliphatic carbocycles. The first kappa shape index (κ1) is 13.0. The first-order valence-corrected chi connectivity index (χ1v) is 5.94. The summed E-state index contributed by atoms with van der Waals surface area (Å²) in [6.07, 6.45) is 0.0123. The predicted octanol–water partition coefficient (Wildman–Crippen LogP) is 3.43. The van der Waals surface area contributed by atoms with Gasteiger partial charge in [-0.05, 0) is 39.5 Å². The molecule has 0 heterocycles. The Kier molecular flexibility index (Phi) is 4.80. The van der Waals surface area contributed by atoms with Crippen LogP contribution in [0, 0.1) is 0 Å². The zero-order valence-electron chi connectivity index (χ0n) is 9.37. The number of hydrogen-bond donors (Lipinski definition) is 1. The lowest BCUT2D eigenvalue weighted by Gasteiger charge is -2.10. The molecule has 0 saturated carbocycles. The second-order valence-electron chi connectivity index (χ2n) is 3.84. The van der Waals surface area contributed by atoms with Crippen molar-refractivity contribution < 1.29 is 14.6 Å². The summed E-state index contributed by atoms with van der Waals surface area (Å²) in [5, 5.41) is 8.49. The van der Waals surface area contributed by atoms with Crippen LogP contribution in [0.1, 0.15) is 31.7 Å². The third kappa shape index (κ3) is 3.85. The number of carboxylic acids is 1. The van der Waals surface area contributed by atoms with Gasteiger partial charge in [-0.15, -0.1) is 0 Å². The van der Waals surface area contributed by atoms with E-state index in [1.165, 1.54) is 5.56 Å². The lowest BCUT2D eigenvalue weighted by molar-refractivity contribution is -0.137. The minimum atomic E-state index is -0.852. The topological polar surface area (TPSA) is 46.5 Å². The number of aliphatic carboxylic acids is 1. The van der Waals surface area contributed by atoms with Gasteiger partial charge in [0.15, 0.2) is 0 Å². The molecule has 88 valence electrons. The standard InChI is InChI=1S/C12H15BrO3/c1-8(2)9-3-4-11(10(13)7-9)16-6-5-12(14)15/h3-4,7-8H,5-6H2,1-2H3,(H,14,15). The number of rotatable bonds is 5. The molecule has 0 atom stereocenters. The summed E-state index contributed by atoms with van der Waals surface area (Å²) in [5.74, 6) is 0.296. The molecule has 0 spiro atoms. The summed E-state index contributed by atoms with van der Waals surface area (Å²) in [6.45, 7) is 4.43. The highest BCUT2D eigenvalue weighted by atomic mass is 79.9. The number of halogens is 1. The molecule has 1 N–H and O–H groups in total. The van der Waals surface area contributed by atoms with Crippen LogP contribution >= 0.6 is 15.9 Å². The first-order valence-electron chi connectivity index (χ1n) is 5.14. The summed E-state index contributed by atoms with van der Waals surface area (Å²) in [4.78, 5) is 10.3. The highest BCUT2D eigenvalue weighted by Crippen LogP contribution is 2.28. The molecule has 0 saturated heterocycles. The van der Waals surface area contributed by atoms with Crippen LogP contribution in [0.4, 0.5) is 0 Å². The molecule has 0 aliphatic rings. The predicted molar refractivity (Wildman–Crippen MR) is 66.0 cm³/mol. The van der Waals surface area contributed by atoms with Crippen LogP contribution in [0.2, 0.25) is 0 Å². The SMILES string of the molecule is CC(C)c1ccc(OCCC(=O)O)c(Br)c1. The Labute approximate surface area is 104 Å². The molecule has 1 aromatic carbocycles. The molecule has 0 aliphatic heterocycles. The van der Waals surface area contributed by atoms with Gasteiger partial charge in [-0.25, -0.2) is 0 Å². The second kappa shape index (κ2) is 5.89. The fourth-order valence-electron chi connectivity index (χ4n) is 1.24. The molecule has 0 aromatic heterocycles. The molecule has 3 nitrogen and oxygen atoms in total. The smallest absolute Gasteiger partial charge is 0.306 e. The van der Waals surface area contributed by atoms with Crippen molar-refractivity contribution >= 4 is 21.9 Å². The van der Waals surface area contributed by atoms with E-state index >= 15 is 0 Å². The van der Waals surface area contributed by atoms with E-state index in [0.29, 0.717) is 11.7 Å². The Balaban J connectivity index is 2.64. The summed E-state index contributed by atoms with van der Waals surface area (Å²) < 4.78 is 6.22. The van der Waals surface area contributed by atoms with Crippen molar-refractivity contribution in [3.8, 4) is 5.75 Å². The Morgan fingerprint density at radius 2 is 2.19 bits per heavy atom. The first-order chi connectivity index (χ1) is 7.50. The van der Waals surface area contributed by atoms with E-state index in [9.17, 15) is 4.79 Å². The Bertz CT molecular complexity index is 375. The minimum Gasteiger partial charge on any atom is -0.492 e. The van der Waals surface area contributed by atoms with E-state index < -0.39 is 5.97 Å². The Hall–Kier alpha value is -1.03.